The lowest BCUT2D eigenvalue weighted by Crippen LogP contribution is -2.32. The van der Waals surface area contributed by atoms with Crippen LogP contribution in [0.2, 0.25) is 0 Å². The van der Waals surface area contributed by atoms with E-state index in [1.807, 2.05) is 66.7 Å². The molecule has 0 saturated carbocycles. The summed E-state index contributed by atoms with van der Waals surface area (Å²) < 4.78 is 18.1. The summed E-state index contributed by atoms with van der Waals surface area (Å²) in [6.07, 6.45) is 0.616. The molecule has 1 aliphatic rings. The molecular formula is C23H20INO4. The molecule has 0 saturated heterocycles. The van der Waals surface area contributed by atoms with Gasteiger partial charge in [-0.1, -0.05) is 24.3 Å². The van der Waals surface area contributed by atoms with Gasteiger partial charge in [-0.25, -0.2) is 0 Å². The number of halogens is 1. The average molecular weight is 501 g/mol. The van der Waals surface area contributed by atoms with Crippen LogP contribution >= 0.6 is 22.6 Å². The van der Waals surface area contributed by atoms with Crippen LogP contribution < -0.4 is 19.5 Å². The number of fused-ring (bicyclic) bond motifs is 1. The summed E-state index contributed by atoms with van der Waals surface area (Å²) in [7, 11) is 1.62. The van der Waals surface area contributed by atoms with Crippen molar-refractivity contribution in [2.75, 3.05) is 19.0 Å². The maximum atomic E-state index is 12.9. The lowest BCUT2D eigenvalue weighted by molar-refractivity contribution is -0.121. The van der Waals surface area contributed by atoms with Crippen LogP contribution in [-0.2, 0) is 11.2 Å². The Morgan fingerprint density at radius 3 is 2.76 bits per heavy atom. The Morgan fingerprint density at radius 1 is 1.07 bits per heavy atom. The van der Waals surface area contributed by atoms with Crippen LogP contribution in [0, 0.1) is 9.49 Å². The Kier molecular flexibility index (Phi) is 5.89. The van der Waals surface area contributed by atoms with E-state index < -0.39 is 0 Å². The molecule has 0 bridgehead atoms. The van der Waals surface area contributed by atoms with Crippen molar-refractivity contribution in [2.45, 2.75) is 6.42 Å². The normalized spacial score (nSPS) is 15.0. The first-order valence-corrected chi connectivity index (χ1v) is 10.3. The zero-order valence-corrected chi connectivity index (χ0v) is 18.0. The molecule has 148 valence electrons. The highest BCUT2D eigenvalue weighted by Crippen LogP contribution is 2.33. The van der Waals surface area contributed by atoms with E-state index in [1.54, 1.807) is 7.11 Å². The SMILES string of the molecule is COc1ccc2c(c1)OCC(C(=O)Nc1ccccc1Oc1cccc(I)c1)C2. The zero-order chi connectivity index (χ0) is 20.2. The number of ether oxygens (including phenoxy) is 3. The van der Waals surface area contributed by atoms with Crippen LogP contribution in [-0.4, -0.2) is 19.6 Å². The molecular weight excluding hydrogens is 481 g/mol. The molecule has 5 nitrogen and oxygen atoms in total. The van der Waals surface area contributed by atoms with E-state index in [1.165, 1.54) is 0 Å². The number of amides is 1. The number of anilines is 1. The van der Waals surface area contributed by atoms with E-state index in [-0.39, 0.29) is 11.8 Å². The van der Waals surface area contributed by atoms with Crippen molar-refractivity contribution < 1.29 is 19.0 Å². The molecule has 4 rings (SSSR count). The largest absolute Gasteiger partial charge is 0.497 e. The molecule has 1 amide bonds. The number of rotatable bonds is 5. The second-order valence-electron chi connectivity index (χ2n) is 6.73. The smallest absolute Gasteiger partial charge is 0.231 e. The minimum absolute atomic E-state index is 0.0924. The average Bonchev–Trinajstić information content (AvgIpc) is 2.74. The summed E-state index contributed by atoms with van der Waals surface area (Å²) >= 11 is 2.24. The topological polar surface area (TPSA) is 56.8 Å². The summed E-state index contributed by atoms with van der Waals surface area (Å²) in [5, 5.41) is 3.00. The van der Waals surface area contributed by atoms with Gasteiger partial charge in [0.15, 0.2) is 5.75 Å². The number of hydrogen-bond donors (Lipinski definition) is 1. The predicted molar refractivity (Wildman–Crippen MR) is 120 cm³/mol. The Bertz CT molecular complexity index is 1040. The predicted octanol–water partition coefficient (Wildman–Crippen LogP) is 5.28. The Hall–Kier alpha value is -2.74. The molecule has 0 aliphatic carbocycles. The third kappa shape index (κ3) is 4.64. The highest BCUT2D eigenvalue weighted by atomic mass is 127. The third-order valence-corrected chi connectivity index (χ3v) is 5.39. The van der Waals surface area contributed by atoms with E-state index >= 15 is 0 Å². The van der Waals surface area contributed by atoms with E-state index in [9.17, 15) is 4.79 Å². The van der Waals surface area contributed by atoms with Crippen molar-refractivity contribution in [3.05, 3.63) is 75.9 Å². The highest BCUT2D eigenvalue weighted by Gasteiger charge is 2.27. The van der Waals surface area contributed by atoms with E-state index in [0.29, 0.717) is 24.5 Å². The van der Waals surface area contributed by atoms with Crippen LogP contribution in [0.1, 0.15) is 5.56 Å². The molecule has 1 N–H and O–H groups in total. The maximum absolute atomic E-state index is 12.9. The van der Waals surface area contributed by atoms with Gasteiger partial charge in [-0.15, -0.1) is 0 Å². The molecule has 1 heterocycles. The van der Waals surface area contributed by atoms with Gasteiger partial charge in [-0.2, -0.15) is 0 Å². The minimum atomic E-state index is -0.276. The molecule has 3 aromatic rings. The van der Waals surface area contributed by atoms with Crippen LogP contribution in [0.15, 0.2) is 66.7 Å². The van der Waals surface area contributed by atoms with Crippen molar-refractivity contribution in [1.82, 2.24) is 0 Å². The quantitative estimate of drug-likeness (QED) is 0.484. The van der Waals surface area contributed by atoms with Crippen LogP contribution in [0.3, 0.4) is 0 Å². The standard InChI is InChI=1S/C23H20INO4/c1-27-18-10-9-15-11-16(14-28-22(15)13-18)23(26)25-20-7-2-3-8-21(20)29-19-6-4-5-17(24)12-19/h2-10,12-13,16H,11,14H2,1H3,(H,25,26). The molecule has 1 unspecified atom stereocenters. The fourth-order valence-electron chi connectivity index (χ4n) is 3.20. The van der Waals surface area contributed by atoms with Gasteiger partial charge >= 0.3 is 0 Å². The van der Waals surface area contributed by atoms with Gasteiger partial charge in [0, 0.05) is 9.64 Å². The van der Waals surface area contributed by atoms with E-state index in [0.717, 1.165) is 26.4 Å². The molecule has 0 spiro atoms. The van der Waals surface area contributed by atoms with Gasteiger partial charge < -0.3 is 19.5 Å². The van der Waals surface area contributed by atoms with Crippen LogP contribution in [0.25, 0.3) is 0 Å². The van der Waals surface area contributed by atoms with Crippen LogP contribution in [0.4, 0.5) is 5.69 Å². The summed E-state index contributed by atoms with van der Waals surface area (Å²) in [4.78, 5) is 12.9. The number of hydrogen-bond acceptors (Lipinski definition) is 4. The fourth-order valence-corrected chi connectivity index (χ4v) is 3.71. The number of carbonyl (C=O) groups excluding carboxylic acids is 1. The molecule has 1 aliphatic heterocycles. The van der Waals surface area contributed by atoms with Crippen molar-refractivity contribution in [3.63, 3.8) is 0 Å². The lowest BCUT2D eigenvalue weighted by atomic mass is 9.95. The Labute approximate surface area is 183 Å². The zero-order valence-electron chi connectivity index (χ0n) is 15.9. The summed E-state index contributed by atoms with van der Waals surface area (Å²) in [6, 6.07) is 20.9. The number of nitrogens with one attached hydrogen (secondary N) is 1. The number of para-hydroxylation sites is 2. The van der Waals surface area contributed by atoms with Crippen LogP contribution in [0.5, 0.6) is 23.0 Å². The van der Waals surface area contributed by atoms with Gasteiger partial charge in [-0.05, 0) is 71.0 Å². The Balaban J connectivity index is 1.47. The second kappa shape index (κ2) is 8.73. The van der Waals surface area contributed by atoms with Gasteiger partial charge in [0.05, 0.1) is 18.7 Å². The molecule has 1 atom stereocenters. The third-order valence-electron chi connectivity index (χ3n) is 4.72. The highest BCUT2D eigenvalue weighted by molar-refractivity contribution is 14.1. The molecule has 29 heavy (non-hydrogen) atoms. The molecule has 6 heteroatoms. The first kappa shape index (κ1) is 19.6. The Morgan fingerprint density at radius 2 is 1.93 bits per heavy atom. The number of carbonyl (C=O) groups is 1. The van der Waals surface area contributed by atoms with Gasteiger partial charge in [0.2, 0.25) is 5.91 Å². The van der Waals surface area contributed by atoms with Crippen molar-refractivity contribution in [3.8, 4) is 23.0 Å². The number of methoxy groups -OCH3 is 1. The molecule has 0 radical (unpaired) electrons. The number of benzene rings is 3. The van der Waals surface area contributed by atoms with Crippen molar-refractivity contribution >= 4 is 34.2 Å². The first-order valence-electron chi connectivity index (χ1n) is 9.25. The fraction of sp³-hybridized carbons (Fsp3) is 0.174. The summed E-state index contributed by atoms with van der Waals surface area (Å²) in [6.45, 7) is 0.325. The maximum Gasteiger partial charge on any atom is 0.231 e. The minimum Gasteiger partial charge on any atom is -0.497 e. The monoisotopic (exact) mass is 501 g/mol. The lowest BCUT2D eigenvalue weighted by Gasteiger charge is -2.25. The first-order chi connectivity index (χ1) is 14.1. The summed E-state index contributed by atoms with van der Waals surface area (Å²) in [5.41, 5.74) is 1.64. The molecule has 0 fully saturated rings. The van der Waals surface area contributed by atoms with Crippen molar-refractivity contribution in [1.29, 1.82) is 0 Å². The summed E-state index contributed by atoms with van der Waals surface area (Å²) in [5.74, 6) is 2.48. The van der Waals surface area contributed by atoms with Gasteiger partial charge in [-0.3, -0.25) is 4.79 Å². The second-order valence-corrected chi connectivity index (χ2v) is 7.98. The molecule has 3 aromatic carbocycles. The van der Waals surface area contributed by atoms with Gasteiger partial charge in [0.25, 0.3) is 0 Å². The van der Waals surface area contributed by atoms with Gasteiger partial charge in [0.1, 0.15) is 23.9 Å². The molecule has 0 aromatic heterocycles. The van der Waals surface area contributed by atoms with E-state index in [2.05, 4.69) is 27.9 Å². The van der Waals surface area contributed by atoms with Crippen molar-refractivity contribution in [2.24, 2.45) is 5.92 Å². The van der Waals surface area contributed by atoms with E-state index in [4.69, 9.17) is 14.2 Å².